The highest BCUT2D eigenvalue weighted by molar-refractivity contribution is 5.91. The zero-order chi connectivity index (χ0) is 12.6. The summed E-state index contributed by atoms with van der Waals surface area (Å²) in [4.78, 5) is 11.2. The van der Waals surface area contributed by atoms with Crippen molar-refractivity contribution in [2.45, 2.75) is 40.0 Å². The molecule has 0 bridgehead atoms. The van der Waals surface area contributed by atoms with Crippen LogP contribution in [0.25, 0.3) is 0 Å². The Balaban J connectivity index is 0.00000106. The predicted octanol–water partition coefficient (Wildman–Crippen LogP) is 2.38. The molecule has 1 unspecified atom stereocenters. The lowest BCUT2D eigenvalue weighted by atomic mass is 10.1. The van der Waals surface area contributed by atoms with Crippen molar-refractivity contribution in [2.24, 2.45) is 0 Å². The molecule has 1 amide bonds. The van der Waals surface area contributed by atoms with E-state index in [2.05, 4.69) is 29.4 Å². The van der Waals surface area contributed by atoms with E-state index < -0.39 is 0 Å². The summed E-state index contributed by atoms with van der Waals surface area (Å²) in [7, 11) is 1.58. The third-order valence-corrected chi connectivity index (χ3v) is 2.26. The zero-order valence-electron chi connectivity index (χ0n) is 10.7. The number of hydrogen-bond acceptors (Lipinski definition) is 3. The molecule has 4 heteroatoms. The molecule has 0 fully saturated rings. The Bertz CT molecular complexity index is 309. The lowest BCUT2D eigenvalue weighted by Gasteiger charge is -2.06. The molecule has 0 saturated carbocycles. The maximum Gasteiger partial charge on any atom is 0.271 e. The van der Waals surface area contributed by atoms with Crippen LogP contribution in [0.4, 0.5) is 0 Å². The van der Waals surface area contributed by atoms with Crippen LogP contribution < -0.4 is 5.32 Å². The van der Waals surface area contributed by atoms with Crippen LogP contribution in [0.3, 0.4) is 0 Å². The average Bonchev–Trinajstić information content (AvgIpc) is 2.39. The molecule has 1 atom stereocenters. The van der Waals surface area contributed by atoms with Crippen molar-refractivity contribution in [3.63, 3.8) is 0 Å². The fraction of sp³-hybridized carbons (Fsp3) is 0.583. The average molecular weight is 223 g/mol. The van der Waals surface area contributed by atoms with Crippen LogP contribution in [-0.4, -0.2) is 23.2 Å². The van der Waals surface area contributed by atoms with Gasteiger partial charge in [0.05, 0.1) is 5.69 Å². The molecule has 0 aliphatic carbocycles. The monoisotopic (exact) mass is 223 g/mol. The van der Waals surface area contributed by atoms with Gasteiger partial charge in [0.25, 0.3) is 5.91 Å². The Morgan fingerprint density at radius 3 is 2.38 bits per heavy atom. The van der Waals surface area contributed by atoms with Gasteiger partial charge in [-0.2, -0.15) is 5.10 Å². The summed E-state index contributed by atoms with van der Waals surface area (Å²) >= 11 is 0. The summed E-state index contributed by atoms with van der Waals surface area (Å²) in [6, 6.07) is 3.55. The van der Waals surface area contributed by atoms with Crippen LogP contribution in [0.5, 0.6) is 0 Å². The summed E-state index contributed by atoms with van der Waals surface area (Å²) in [5.41, 5.74) is 1.29. The van der Waals surface area contributed by atoms with Crippen LogP contribution in [0.15, 0.2) is 12.1 Å². The number of carbonyl (C=O) groups is 1. The lowest BCUT2D eigenvalue weighted by molar-refractivity contribution is 0.0957. The van der Waals surface area contributed by atoms with Gasteiger partial charge in [-0.05, 0) is 24.5 Å². The van der Waals surface area contributed by atoms with Gasteiger partial charge in [-0.25, -0.2) is 0 Å². The van der Waals surface area contributed by atoms with Crippen LogP contribution in [0, 0.1) is 0 Å². The van der Waals surface area contributed by atoms with Crippen LogP contribution in [0.2, 0.25) is 0 Å². The van der Waals surface area contributed by atoms with E-state index in [1.807, 2.05) is 19.9 Å². The largest absolute Gasteiger partial charge is 0.354 e. The minimum absolute atomic E-state index is 0.201. The minimum Gasteiger partial charge on any atom is -0.354 e. The van der Waals surface area contributed by atoms with Crippen molar-refractivity contribution >= 4 is 5.91 Å². The highest BCUT2D eigenvalue weighted by Crippen LogP contribution is 2.14. The number of hydrogen-bond donors (Lipinski definition) is 1. The molecular formula is C12H21N3O. The molecule has 16 heavy (non-hydrogen) atoms. The molecule has 0 aliphatic heterocycles. The molecule has 1 heterocycles. The first-order chi connectivity index (χ1) is 7.69. The van der Waals surface area contributed by atoms with Crippen molar-refractivity contribution in [3.8, 4) is 0 Å². The molecule has 1 aromatic rings. The van der Waals surface area contributed by atoms with Crippen molar-refractivity contribution < 1.29 is 4.79 Å². The Morgan fingerprint density at radius 2 is 2.00 bits per heavy atom. The summed E-state index contributed by atoms with van der Waals surface area (Å²) in [5.74, 6) is 0.189. The molecule has 1 N–H and O–H groups in total. The standard InChI is InChI=1S/C10H15N3O.C2H6/c1-4-7(2)8-5-6-9(13-12-8)10(14)11-3;1-2/h5-7H,4H2,1-3H3,(H,11,14);1-2H3. The second-order valence-electron chi connectivity index (χ2n) is 3.23. The van der Waals surface area contributed by atoms with E-state index in [1.165, 1.54) is 0 Å². The third-order valence-electron chi connectivity index (χ3n) is 2.26. The molecule has 4 nitrogen and oxygen atoms in total. The van der Waals surface area contributed by atoms with Gasteiger partial charge in [-0.3, -0.25) is 4.79 Å². The summed E-state index contributed by atoms with van der Waals surface area (Å²) in [5, 5.41) is 10.4. The lowest BCUT2D eigenvalue weighted by Crippen LogP contribution is -2.19. The summed E-state index contributed by atoms with van der Waals surface area (Å²) in [6.07, 6.45) is 1.02. The first-order valence-electron chi connectivity index (χ1n) is 5.74. The van der Waals surface area contributed by atoms with Crippen LogP contribution in [0.1, 0.15) is 56.2 Å². The van der Waals surface area contributed by atoms with Crippen molar-refractivity contribution in [1.29, 1.82) is 0 Å². The quantitative estimate of drug-likeness (QED) is 0.856. The smallest absolute Gasteiger partial charge is 0.271 e. The van der Waals surface area contributed by atoms with Crippen LogP contribution >= 0.6 is 0 Å². The third kappa shape index (κ3) is 3.96. The minimum atomic E-state index is -0.201. The molecular weight excluding hydrogens is 202 g/mol. The number of aromatic nitrogens is 2. The first-order valence-corrected chi connectivity index (χ1v) is 5.74. The topological polar surface area (TPSA) is 54.9 Å². The number of amides is 1. The Hall–Kier alpha value is -1.45. The zero-order valence-corrected chi connectivity index (χ0v) is 10.7. The van der Waals surface area contributed by atoms with Gasteiger partial charge in [0.2, 0.25) is 0 Å². The molecule has 1 rings (SSSR count). The number of rotatable bonds is 3. The van der Waals surface area contributed by atoms with Crippen molar-refractivity contribution in [2.75, 3.05) is 7.05 Å². The molecule has 0 aromatic carbocycles. The SMILES string of the molecule is CC.CCC(C)c1ccc(C(=O)NC)nn1. The highest BCUT2D eigenvalue weighted by Gasteiger charge is 2.08. The maximum absolute atomic E-state index is 11.2. The Morgan fingerprint density at radius 1 is 1.38 bits per heavy atom. The van der Waals surface area contributed by atoms with Gasteiger partial charge in [0.15, 0.2) is 5.69 Å². The molecule has 0 spiro atoms. The second kappa shape index (κ2) is 7.79. The fourth-order valence-electron chi connectivity index (χ4n) is 1.06. The molecule has 0 saturated heterocycles. The van der Waals surface area contributed by atoms with Gasteiger partial charge in [-0.15, -0.1) is 5.10 Å². The van der Waals surface area contributed by atoms with Crippen molar-refractivity contribution in [1.82, 2.24) is 15.5 Å². The van der Waals surface area contributed by atoms with Gasteiger partial charge in [-0.1, -0.05) is 27.7 Å². The maximum atomic E-state index is 11.2. The molecule has 90 valence electrons. The normalized spacial score (nSPS) is 11.1. The van der Waals surface area contributed by atoms with Crippen LogP contribution in [-0.2, 0) is 0 Å². The predicted molar refractivity (Wildman–Crippen MR) is 65.5 cm³/mol. The van der Waals surface area contributed by atoms with E-state index in [1.54, 1.807) is 13.1 Å². The Kier molecular flexibility index (Phi) is 7.09. The highest BCUT2D eigenvalue weighted by atomic mass is 16.1. The summed E-state index contributed by atoms with van der Waals surface area (Å²) < 4.78 is 0. The Labute approximate surface area is 97.5 Å². The van der Waals surface area contributed by atoms with Gasteiger partial charge < -0.3 is 5.32 Å². The van der Waals surface area contributed by atoms with Gasteiger partial charge in [0.1, 0.15) is 0 Å². The second-order valence-corrected chi connectivity index (χ2v) is 3.23. The van der Waals surface area contributed by atoms with Crippen molar-refractivity contribution in [3.05, 3.63) is 23.5 Å². The molecule has 0 radical (unpaired) electrons. The van der Waals surface area contributed by atoms with E-state index in [0.29, 0.717) is 11.6 Å². The number of carbonyl (C=O) groups excluding carboxylic acids is 1. The molecule has 1 aromatic heterocycles. The number of nitrogens with one attached hydrogen (secondary N) is 1. The van der Waals surface area contributed by atoms with Gasteiger partial charge >= 0.3 is 0 Å². The van der Waals surface area contributed by atoms with E-state index in [4.69, 9.17) is 0 Å². The van der Waals surface area contributed by atoms with E-state index in [9.17, 15) is 4.79 Å². The fourth-order valence-corrected chi connectivity index (χ4v) is 1.06. The van der Waals surface area contributed by atoms with E-state index >= 15 is 0 Å². The van der Waals surface area contributed by atoms with E-state index in [-0.39, 0.29) is 5.91 Å². The summed E-state index contributed by atoms with van der Waals surface area (Å²) in [6.45, 7) is 8.18. The van der Waals surface area contributed by atoms with Gasteiger partial charge in [0, 0.05) is 7.05 Å². The first kappa shape index (κ1) is 14.6. The number of nitrogens with zero attached hydrogens (tertiary/aromatic N) is 2. The van der Waals surface area contributed by atoms with E-state index in [0.717, 1.165) is 12.1 Å². The molecule has 0 aliphatic rings.